The number of hydrogen-bond donors (Lipinski definition) is 0. The molecule has 0 saturated carbocycles. The zero-order valence-corrected chi connectivity index (χ0v) is 15.8. The van der Waals surface area contributed by atoms with E-state index in [4.69, 9.17) is 0 Å². The van der Waals surface area contributed by atoms with Gasteiger partial charge in [0.2, 0.25) is 0 Å². The van der Waals surface area contributed by atoms with E-state index in [2.05, 4.69) is 89.3 Å². The molecule has 1 aromatic rings. The molecule has 0 aliphatic carbocycles. The third kappa shape index (κ3) is 3.40. The fourth-order valence-corrected chi connectivity index (χ4v) is 3.80. The van der Waals surface area contributed by atoms with E-state index in [0.717, 1.165) is 5.57 Å². The van der Waals surface area contributed by atoms with Crippen LogP contribution in [0.5, 0.6) is 0 Å². The number of benzene rings is 1. The van der Waals surface area contributed by atoms with Crippen LogP contribution in [0.25, 0.3) is 0 Å². The SMILES string of the molecule is CC#CC1=C(C)N(C(C)(C)C)B(c2c(C)cc(C)cc2C)C=C1. The van der Waals surface area contributed by atoms with Crippen molar-refractivity contribution in [3.05, 3.63) is 52.1 Å². The van der Waals surface area contributed by atoms with Crippen LogP contribution in [0.1, 0.15) is 51.3 Å². The summed E-state index contributed by atoms with van der Waals surface area (Å²) >= 11 is 0. The predicted octanol–water partition coefficient (Wildman–Crippen LogP) is 4.32. The summed E-state index contributed by atoms with van der Waals surface area (Å²) in [6.45, 7) is 17.8. The minimum absolute atomic E-state index is 0.0317. The van der Waals surface area contributed by atoms with Crippen molar-refractivity contribution in [2.75, 3.05) is 0 Å². The second kappa shape index (κ2) is 6.32. The minimum Gasteiger partial charge on any atom is -0.405 e. The van der Waals surface area contributed by atoms with Crippen LogP contribution in [0.3, 0.4) is 0 Å². The van der Waals surface area contributed by atoms with Gasteiger partial charge in [-0.15, -0.1) is 5.92 Å². The summed E-state index contributed by atoms with van der Waals surface area (Å²) in [6, 6.07) is 4.58. The van der Waals surface area contributed by atoms with Crippen molar-refractivity contribution >= 4 is 12.3 Å². The molecule has 0 bridgehead atoms. The van der Waals surface area contributed by atoms with Crippen molar-refractivity contribution in [3.8, 4) is 11.8 Å². The molecule has 0 saturated heterocycles. The second-order valence-corrected chi connectivity index (χ2v) is 7.53. The van der Waals surface area contributed by atoms with Crippen molar-refractivity contribution in [2.45, 2.75) is 60.9 Å². The average molecular weight is 305 g/mol. The van der Waals surface area contributed by atoms with Gasteiger partial charge >= 0.3 is 6.85 Å². The van der Waals surface area contributed by atoms with E-state index in [0.29, 0.717) is 0 Å². The van der Waals surface area contributed by atoms with E-state index in [1.807, 2.05) is 6.92 Å². The van der Waals surface area contributed by atoms with Crippen LogP contribution in [0.15, 0.2) is 35.5 Å². The van der Waals surface area contributed by atoms with Gasteiger partial charge in [-0.2, -0.15) is 0 Å². The van der Waals surface area contributed by atoms with Crippen LogP contribution in [-0.2, 0) is 0 Å². The van der Waals surface area contributed by atoms with E-state index >= 15 is 0 Å². The van der Waals surface area contributed by atoms with Gasteiger partial charge in [0, 0.05) is 16.8 Å². The number of hydrogen-bond acceptors (Lipinski definition) is 1. The van der Waals surface area contributed by atoms with Gasteiger partial charge in [-0.3, -0.25) is 0 Å². The molecule has 0 aromatic heterocycles. The van der Waals surface area contributed by atoms with Crippen molar-refractivity contribution in [1.29, 1.82) is 0 Å². The zero-order chi connectivity index (χ0) is 17.4. The molecule has 23 heavy (non-hydrogen) atoms. The third-order valence-electron chi connectivity index (χ3n) is 4.49. The minimum atomic E-state index is 0.0317. The van der Waals surface area contributed by atoms with Gasteiger partial charge in [0.25, 0.3) is 0 Å². The lowest BCUT2D eigenvalue weighted by Gasteiger charge is -2.45. The maximum atomic E-state index is 3.25. The zero-order valence-electron chi connectivity index (χ0n) is 15.8. The summed E-state index contributed by atoms with van der Waals surface area (Å²) in [5.74, 6) is 8.59. The Hall–Kier alpha value is -1.88. The van der Waals surface area contributed by atoms with Crippen molar-refractivity contribution < 1.29 is 0 Å². The summed E-state index contributed by atoms with van der Waals surface area (Å²) in [5.41, 5.74) is 7.90. The van der Waals surface area contributed by atoms with Gasteiger partial charge in [-0.25, -0.2) is 0 Å². The molecular formula is C21H28BN. The molecule has 0 amide bonds. The highest BCUT2D eigenvalue weighted by Crippen LogP contribution is 2.28. The normalized spacial score (nSPS) is 15.0. The Labute approximate surface area is 142 Å². The first-order valence-corrected chi connectivity index (χ1v) is 8.35. The van der Waals surface area contributed by atoms with Crippen molar-refractivity contribution in [1.82, 2.24) is 4.81 Å². The van der Waals surface area contributed by atoms with Crippen LogP contribution >= 0.6 is 0 Å². The quantitative estimate of drug-likeness (QED) is 0.552. The molecule has 0 atom stereocenters. The molecule has 0 unspecified atom stereocenters. The number of allylic oxidation sites excluding steroid dienone is 3. The van der Waals surface area contributed by atoms with Crippen LogP contribution < -0.4 is 5.46 Å². The summed E-state index contributed by atoms with van der Waals surface area (Å²) in [7, 11) is 0. The molecular weight excluding hydrogens is 277 g/mol. The first-order chi connectivity index (χ1) is 10.7. The van der Waals surface area contributed by atoms with E-state index in [1.165, 1.54) is 27.9 Å². The molecule has 0 N–H and O–H groups in total. The summed E-state index contributed by atoms with van der Waals surface area (Å²) in [6.07, 6.45) is 2.19. The maximum Gasteiger partial charge on any atom is 0.316 e. The summed E-state index contributed by atoms with van der Waals surface area (Å²) in [5, 5.41) is 0. The highest BCUT2D eigenvalue weighted by atomic mass is 15.1. The number of nitrogens with zero attached hydrogens (tertiary/aromatic N) is 1. The average Bonchev–Trinajstić information content (AvgIpc) is 2.39. The molecule has 2 heteroatoms. The van der Waals surface area contributed by atoms with Crippen LogP contribution in [0, 0.1) is 32.6 Å². The molecule has 1 aliphatic heterocycles. The molecule has 1 aliphatic rings. The molecule has 2 rings (SSSR count). The maximum absolute atomic E-state index is 3.25. The number of rotatable bonds is 1. The molecule has 1 nitrogen and oxygen atoms in total. The monoisotopic (exact) mass is 305 g/mol. The smallest absolute Gasteiger partial charge is 0.316 e. The highest BCUT2D eigenvalue weighted by Gasteiger charge is 2.36. The Morgan fingerprint density at radius 3 is 2.04 bits per heavy atom. The van der Waals surface area contributed by atoms with E-state index < -0.39 is 0 Å². The Kier molecular flexibility index (Phi) is 4.80. The first-order valence-electron chi connectivity index (χ1n) is 8.35. The molecule has 120 valence electrons. The Balaban J connectivity index is 2.64. The Morgan fingerprint density at radius 2 is 1.57 bits per heavy atom. The van der Waals surface area contributed by atoms with Crippen LogP contribution in [-0.4, -0.2) is 17.2 Å². The third-order valence-corrected chi connectivity index (χ3v) is 4.49. The summed E-state index contributed by atoms with van der Waals surface area (Å²) < 4.78 is 0. The molecule has 0 radical (unpaired) electrons. The van der Waals surface area contributed by atoms with E-state index in [-0.39, 0.29) is 12.4 Å². The summed E-state index contributed by atoms with van der Waals surface area (Å²) in [4.78, 5) is 2.51. The lowest BCUT2D eigenvalue weighted by Crippen LogP contribution is -2.57. The van der Waals surface area contributed by atoms with Gasteiger partial charge in [0.15, 0.2) is 0 Å². The number of aryl methyl sites for hydroxylation is 3. The Morgan fingerprint density at radius 1 is 1.00 bits per heavy atom. The molecule has 0 fully saturated rings. The van der Waals surface area contributed by atoms with Gasteiger partial charge in [-0.1, -0.05) is 46.8 Å². The van der Waals surface area contributed by atoms with E-state index in [9.17, 15) is 0 Å². The van der Waals surface area contributed by atoms with Gasteiger partial charge in [0.05, 0.1) is 0 Å². The van der Waals surface area contributed by atoms with E-state index in [1.54, 1.807) is 0 Å². The lowest BCUT2D eigenvalue weighted by molar-refractivity contribution is 0.303. The van der Waals surface area contributed by atoms with Gasteiger partial charge < -0.3 is 4.81 Å². The molecule has 1 aromatic carbocycles. The van der Waals surface area contributed by atoms with Gasteiger partial charge in [0.1, 0.15) is 0 Å². The largest absolute Gasteiger partial charge is 0.405 e. The molecule has 0 spiro atoms. The van der Waals surface area contributed by atoms with Gasteiger partial charge in [-0.05, 0) is 60.9 Å². The Bertz CT molecular complexity index is 712. The van der Waals surface area contributed by atoms with Crippen molar-refractivity contribution in [3.63, 3.8) is 0 Å². The standard InChI is InChI=1S/C21H28BN/c1-9-10-19-11-12-22(23(18(19)5)21(6,7)8)20-16(3)13-15(2)14-17(20)4/h11-14H,1-8H3. The predicted molar refractivity (Wildman–Crippen MR) is 103 cm³/mol. The second-order valence-electron chi connectivity index (χ2n) is 7.53. The lowest BCUT2D eigenvalue weighted by atomic mass is 9.48. The van der Waals surface area contributed by atoms with Crippen molar-refractivity contribution in [2.24, 2.45) is 0 Å². The highest BCUT2D eigenvalue weighted by molar-refractivity contribution is 6.77. The van der Waals surface area contributed by atoms with Crippen LogP contribution in [0.4, 0.5) is 0 Å². The molecule has 1 heterocycles. The topological polar surface area (TPSA) is 3.24 Å². The van der Waals surface area contributed by atoms with Crippen LogP contribution in [0.2, 0.25) is 0 Å². The first kappa shape index (κ1) is 17.5. The fraction of sp³-hybridized carbons (Fsp3) is 0.429. The fourth-order valence-electron chi connectivity index (χ4n) is 3.80.